The van der Waals surface area contributed by atoms with Crippen LogP contribution in [0.5, 0.6) is 0 Å². The summed E-state index contributed by atoms with van der Waals surface area (Å²) < 4.78 is 32.0. The van der Waals surface area contributed by atoms with Gasteiger partial charge in [-0.15, -0.1) is 0 Å². The molecule has 2 aliphatic rings. The van der Waals surface area contributed by atoms with Crippen molar-refractivity contribution in [2.24, 2.45) is 0 Å². The number of amides is 2. The lowest BCUT2D eigenvalue weighted by molar-refractivity contribution is 0.00578. The molecule has 9 heteroatoms. The highest BCUT2D eigenvalue weighted by Gasteiger charge is 2.52. The van der Waals surface area contributed by atoms with Gasteiger partial charge in [0, 0.05) is 31.2 Å². The van der Waals surface area contributed by atoms with E-state index in [0.717, 1.165) is 0 Å². The third-order valence-electron chi connectivity index (χ3n) is 6.43. The molecule has 2 aliphatic heterocycles. The van der Waals surface area contributed by atoms with Gasteiger partial charge >= 0.3 is 13.2 Å². The molecule has 176 valence electrons. The Bertz CT molecular complexity index is 883. The van der Waals surface area contributed by atoms with E-state index in [0.29, 0.717) is 25.1 Å². The molecule has 0 radical (unpaired) electrons. The third-order valence-corrected chi connectivity index (χ3v) is 6.43. The van der Waals surface area contributed by atoms with Crippen LogP contribution in [0, 0.1) is 5.82 Å². The van der Waals surface area contributed by atoms with Crippen LogP contribution in [0.2, 0.25) is 0 Å². The Morgan fingerprint density at radius 3 is 2.34 bits per heavy atom. The van der Waals surface area contributed by atoms with E-state index in [4.69, 9.17) is 14.0 Å². The summed E-state index contributed by atoms with van der Waals surface area (Å²) in [5.41, 5.74) is -1.25. The van der Waals surface area contributed by atoms with E-state index in [1.165, 1.54) is 18.2 Å². The van der Waals surface area contributed by atoms with E-state index in [9.17, 15) is 14.0 Å². The smallest absolute Gasteiger partial charge is 0.444 e. The van der Waals surface area contributed by atoms with Crippen LogP contribution in [0.4, 0.5) is 9.18 Å². The number of likely N-dealkylation sites (N-methyl/N-ethyl adjacent to an activating group) is 1. The fourth-order valence-corrected chi connectivity index (χ4v) is 3.74. The first-order valence-corrected chi connectivity index (χ1v) is 11.0. The Morgan fingerprint density at radius 2 is 1.78 bits per heavy atom. The summed E-state index contributed by atoms with van der Waals surface area (Å²) in [5.74, 6) is -0.702. The summed E-state index contributed by atoms with van der Waals surface area (Å²) in [6, 6.07) is 4.10. The summed E-state index contributed by atoms with van der Waals surface area (Å²) in [7, 11) is 0.790. The molecule has 1 atom stereocenters. The van der Waals surface area contributed by atoms with Crippen LogP contribution in [0.25, 0.3) is 0 Å². The van der Waals surface area contributed by atoms with E-state index >= 15 is 0 Å². The lowest BCUT2D eigenvalue weighted by Gasteiger charge is -2.32. The summed E-state index contributed by atoms with van der Waals surface area (Å²) in [6.45, 7) is 13.9. The van der Waals surface area contributed by atoms with Crippen LogP contribution in [0.3, 0.4) is 0 Å². The number of halogens is 1. The topological polar surface area (TPSA) is 68.3 Å². The molecule has 0 aromatic heterocycles. The standard InChI is InChI=1S/C23H34BFN2O5/c1-21(2,3)30-20(29)26(8)16-11-12-27(14-16)19(28)15-9-10-18(25)17(13-15)24-31-22(4,5)23(6,7)32-24/h9-10,13,16H,11-12,14H2,1-8H3/t16-/m0/s1. The number of ether oxygens (including phenoxy) is 1. The van der Waals surface area contributed by atoms with Crippen molar-refractivity contribution in [1.29, 1.82) is 0 Å². The SMILES string of the molecule is CN(C(=O)OC(C)(C)C)[C@H]1CCN(C(=O)c2ccc(F)c(B3OC(C)(C)C(C)(C)O3)c2)C1. The fourth-order valence-electron chi connectivity index (χ4n) is 3.74. The maximum absolute atomic E-state index is 14.6. The Kier molecular flexibility index (Phi) is 6.39. The number of benzene rings is 1. The van der Waals surface area contributed by atoms with Crippen LogP contribution < -0.4 is 5.46 Å². The number of nitrogens with zero attached hydrogens (tertiary/aromatic N) is 2. The number of carbonyl (C=O) groups excluding carboxylic acids is 2. The fraction of sp³-hybridized carbons (Fsp3) is 0.652. The lowest BCUT2D eigenvalue weighted by atomic mass is 9.78. The molecule has 7 nitrogen and oxygen atoms in total. The van der Waals surface area contributed by atoms with E-state index in [1.807, 2.05) is 48.5 Å². The van der Waals surface area contributed by atoms with Crippen molar-refractivity contribution < 1.29 is 28.0 Å². The van der Waals surface area contributed by atoms with Crippen LogP contribution in [0.1, 0.15) is 65.2 Å². The molecule has 1 aromatic rings. The van der Waals surface area contributed by atoms with Gasteiger partial charge in [-0.1, -0.05) is 0 Å². The van der Waals surface area contributed by atoms with E-state index < -0.39 is 35.8 Å². The van der Waals surface area contributed by atoms with Crippen molar-refractivity contribution in [1.82, 2.24) is 9.80 Å². The molecular weight excluding hydrogens is 414 g/mol. The second kappa shape index (κ2) is 8.34. The molecule has 0 N–H and O–H groups in total. The summed E-state index contributed by atoms with van der Waals surface area (Å²) in [4.78, 5) is 28.7. The minimum absolute atomic E-state index is 0.142. The van der Waals surface area contributed by atoms with Crippen LogP contribution in [-0.2, 0) is 14.0 Å². The molecule has 2 saturated heterocycles. The van der Waals surface area contributed by atoms with Crippen molar-refractivity contribution in [3.05, 3.63) is 29.6 Å². The first kappa shape index (κ1) is 24.5. The van der Waals surface area contributed by atoms with Gasteiger partial charge in [-0.25, -0.2) is 9.18 Å². The normalized spacial score (nSPS) is 22.2. The molecular formula is C23H34BFN2O5. The van der Waals surface area contributed by atoms with Crippen molar-refractivity contribution in [3.8, 4) is 0 Å². The van der Waals surface area contributed by atoms with Crippen molar-refractivity contribution in [3.63, 3.8) is 0 Å². The predicted octanol–water partition coefficient (Wildman–Crippen LogP) is 3.21. The molecule has 1 aromatic carbocycles. The number of likely N-dealkylation sites (tertiary alicyclic amines) is 1. The molecule has 0 unspecified atom stereocenters. The molecule has 0 bridgehead atoms. The van der Waals surface area contributed by atoms with Gasteiger partial charge in [0.1, 0.15) is 11.4 Å². The third kappa shape index (κ3) is 4.93. The largest absolute Gasteiger partial charge is 0.497 e. The van der Waals surface area contributed by atoms with Crippen LogP contribution >= 0.6 is 0 Å². The van der Waals surface area contributed by atoms with Gasteiger partial charge in [0.15, 0.2) is 0 Å². The maximum Gasteiger partial charge on any atom is 0.497 e. The summed E-state index contributed by atoms with van der Waals surface area (Å²) >= 11 is 0. The summed E-state index contributed by atoms with van der Waals surface area (Å²) in [5, 5.41) is 0. The molecule has 32 heavy (non-hydrogen) atoms. The van der Waals surface area contributed by atoms with Crippen molar-refractivity contribution in [2.45, 2.75) is 77.7 Å². The Morgan fingerprint density at radius 1 is 1.19 bits per heavy atom. The first-order valence-electron chi connectivity index (χ1n) is 11.0. The molecule has 0 saturated carbocycles. The lowest BCUT2D eigenvalue weighted by Crippen LogP contribution is -2.43. The van der Waals surface area contributed by atoms with Gasteiger partial charge in [0.2, 0.25) is 0 Å². The predicted molar refractivity (Wildman–Crippen MR) is 120 cm³/mol. The molecule has 2 heterocycles. The Labute approximate surface area is 190 Å². The minimum Gasteiger partial charge on any atom is -0.444 e. The molecule has 2 amide bonds. The minimum atomic E-state index is -0.891. The number of hydrogen-bond donors (Lipinski definition) is 0. The second-order valence-electron chi connectivity index (χ2n) is 10.6. The highest BCUT2D eigenvalue weighted by Crippen LogP contribution is 2.36. The first-order chi connectivity index (χ1) is 14.6. The molecule has 0 spiro atoms. The molecule has 3 rings (SSSR count). The van der Waals surface area contributed by atoms with Gasteiger partial charge in [-0.2, -0.15) is 0 Å². The van der Waals surface area contributed by atoms with E-state index in [1.54, 1.807) is 16.8 Å². The quantitative estimate of drug-likeness (QED) is 0.665. The zero-order valence-corrected chi connectivity index (χ0v) is 20.3. The molecule has 2 fully saturated rings. The van der Waals surface area contributed by atoms with Gasteiger partial charge in [-0.3, -0.25) is 4.79 Å². The number of hydrogen-bond acceptors (Lipinski definition) is 5. The van der Waals surface area contributed by atoms with E-state index in [2.05, 4.69) is 0 Å². The monoisotopic (exact) mass is 448 g/mol. The Hall–Kier alpha value is -2.13. The average molecular weight is 448 g/mol. The van der Waals surface area contributed by atoms with Gasteiger partial charge < -0.3 is 23.8 Å². The highest BCUT2D eigenvalue weighted by molar-refractivity contribution is 6.62. The van der Waals surface area contributed by atoms with Gasteiger partial charge in [-0.05, 0) is 73.1 Å². The van der Waals surface area contributed by atoms with Gasteiger partial charge in [0.05, 0.1) is 17.2 Å². The molecule has 0 aliphatic carbocycles. The van der Waals surface area contributed by atoms with Crippen LogP contribution in [0.15, 0.2) is 18.2 Å². The zero-order chi connectivity index (χ0) is 24.1. The van der Waals surface area contributed by atoms with Gasteiger partial charge in [0.25, 0.3) is 5.91 Å². The number of carbonyl (C=O) groups is 2. The Balaban J connectivity index is 1.71. The maximum atomic E-state index is 14.6. The number of rotatable bonds is 3. The summed E-state index contributed by atoms with van der Waals surface area (Å²) in [6.07, 6.45) is 0.230. The van der Waals surface area contributed by atoms with Crippen molar-refractivity contribution >= 4 is 24.6 Å². The average Bonchev–Trinajstić information content (AvgIpc) is 3.22. The van der Waals surface area contributed by atoms with Crippen molar-refractivity contribution in [2.75, 3.05) is 20.1 Å². The van der Waals surface area contributed by atoms with Crippen LogP contribution in [-0.4, -0.2) is 71.9 Å². The highest BCUT2D eigenvalue weighted by atomic mass is 19.1. The zero-order valence-electron chi connectivity index (χ0n) is 20.3. The van der Waals surface area contributed by atoms with E-state index in [-0.39, 0.29) is 17.4 Å². The second-order valence-corrected chi connectivity index (χ2v) is 10.6.